The van der Waals surface area contributed by atoms with Crippen molar-refractivity contribution in [3.63, 3.8) is 0 Å². The summed E-state index contributed by atoms with van der Waals surface area (Å²) < 4.78 is 38.8. The standard InChI is InChI=1S/C28H25B2F2N5O2/c1-15(2)36-11-17(12-36)39-24-7-6-18(20-13-35(3)34-25(20)24)16-9-22(31)21(23(32)10-16)14-37-27(38)19-5-4-8-33-26(19)28(37,29)30/h4-10,13,15,17H,11-12,14H2,1-3H3. The molecule has 1 amide bonds. The van der Waals surface area contributed by atoms with Gasteiger partial charge in [0.15, 0.2) is 0 Å². The van der Waals surface area contributed by atoms with Crippen molar-refractivity contribution in [2.75, 3.05) is 13.1 Å². The largest absolute Gasteiger partial charge is 0.485 e. The van der Waals surface area contributed by atoms with Crippen LogP contribution in [0.5, 0.6) is 5.75 Å². The third-order valence-corrected chi connectivity index (χ3v) is 7.53. The number of hydrogen-bond donors (Lipinski definition) is 0. The Morgan fingerprint density at radius 2 is 1.85 bits per heavy atom. The first-order chi connectivity index (χ1) is 18.5. The molecule has 1 fully saturated rings. The molecule has 4 heterocycles. The monoisotopic (exact) mass is 523 g/mol. The number of pyridine rings is 1. The number of nitrogens with zero attached hydrogens (tertiary/aromatic N) is 5. The number of carbonyl (C=O) groups is 1. The van der Waals surface area contributed by atoms with Crippen molar-refractivity contribution >= 4 is 32.5 Å². The molecule has 0 bridgehead atoms. The number of rotatable bonds is 6. The molecule has 2 aromatic heterocycles. The van der Waals surface area contributed by atoms with E-state index in [2.05, 4.69) is 28.8 Å². The third kappa shape index (κ3) is 4.19. The van der Waals surface area contributed by atoms with E-state index in [4.69, 9.17) is 20.4 Å². The molecular formula is C28H25B2F2N5O2. The molecule has 1 saturated heterocycles. The number of aryl methyl sites for hydroxylation is 1. The highest BCUT2D eigenvalue weighted by Gasteiger charge is 2.43. The number of halogens is 2. The second-order valence-electron chi connectivity index (χ2n) is 10.5. The summed E-state index contributed by atoms with van der Waals surface area (Å²) in [6.45, 7) is 5.50. The van der Waals surface area contributed by atoms with E-state index in [1.54, 1.807) is 36.1 Å². The summed E-state index contributed by atoms with van der Waals surface area (Å²) in [6, 6.07) is 9.62. The van der Waals surface area contributed by atoms with E-state index in [0.29, 0.717) is 33.8 Å². The lowest BCUT2D eigenvalue weighted by molar-refractivity contribution is 0.000872. The van der Waals surface area contributed by atoms with E-state index in [9.17, 15) is 4.79 Å². The van der Waals surface area contributed by atoms with E-state index in [1.807, 2.05) is 0 Å². The minimum absolute atomic E-state index is 0.0597. The predicted octanol–water partition coefficient (Wildman–Crippen LogP) is 3.49. The van der Waals surface area contributed by atoms with Crippen LogP contribution in [0.3, 0.4) is 0 Å². The smallest absolute Gasteiger partial charge is 0.255 e. The second-order valence-corrected chi connectivity index (χ2v) is 10.5. The summed E-state index contributed by atoms with van der Waals surface area (Å²) in [4.78, 5) is 20.4. The minimum Gasteiger partial charge on any atom is -0.485 e. The Bertz CT molecular complexity index is 1590. The topological polar surface area (TPSA) is 63.5 Å². The Morgan fingerprint density at radius 3 is 2.51 bits per heavy atom. The van der Waals surface area contributed by atoms with E-state index in [-0.39, 0.29) is 22.9 Å². The van der Waals surface area contributed by atoms with Crippen molar-refractivity contribution in [3.8, 4) is 16.9 Å². The summed E-state index contributed by atoms with van der Waals surface area (Å²) in [6.07, 6.45) is 3.32. The van der Waals surface area contributed by atoms with Gasteiger partial charge in [-0.25, -0.2) is 8.78 Å². The first-order valence-corrected chi connectivity index (χ1v) is 12.7. The van der Waals surface area contributed by atoms with Crippen molar-refractivity contribution in [2.45, 2.75) is 37.9 Å². The molecule has 2 aliphatic rings. The number of carbonyl (C=O) groups excluding carboxylic acids is 1. The molecule has 0 N–H and O–H groups in total. The first kappa shape index (κ1) is 25.6. The van der Waals surface area contributed by atoms with Crippen molar-refractivity contribution < 1.29 is 18.3 Å². The van der Waals surface area contributed by atoms with E-state index in [1.165, 1.54) is 24.4 Å². The fourth-order valence-electron chi connectivity index (χ4n) is 5.30. The van der Waals surface area contributed by atoms with Crippen molar-refractivity contribution in [1.29, 1.82) is 0 Å². The number of aromatic nitrogens is 3. The molecule has 194 valence electrons. The van der Waals surface area contributed by atoms with Gasteiger partial charge in [0.05, 0.1) is 33.5 Å². The van der Waals surface area contributed by atoms with Crippen LogP contribution < -0.4 is 4.74 Å². The molecule has 0 aliphatic carbocycles. The molecule has 7 nitrogen and oxygen atoms in total. The lowest BCUT2D eigenvalue weighted by Crippen LogP contribution is -2.56. The quantitative estimate of drug-likeness (QED) is 0.363. The van der Waals surface area contributed by atoms with E-state index in [0.717, 1.165) is 18.0 Å². The highest BCUT2D eigenvalue weighted by Crippen LogP contribution is 2.38. The Morgan fingerprint density at radius 1 is 1.13 bits per heavy atom. The summed E-state index contributed by atoms with van der Waals surface area (Å²) >= 11 is 0. The predicted molar refractivity (Wildman–Crippen MR) is 144 cm³/mol. The highest BCUT2D eigenvalue weighted by atomic mass is 19.1. The molecule has 0 saturated carbocycles. The molecule has 4 aromatic rings. The lowest BCUT2D eigenvalue weighted by atomic mass is 9.59. The van der Waals surface area contributed by atoms with Crippen LogP contribution in [0, 0.1) is 11.6 Å². The zero-order chi connectivity index (χ0) is 27.6. The number of benzene rings is 2. The summed E-state index contributed by atoms with van der Waals surface area (Å²) in [5, 5.41) is 3.47. The van der Waals surface area contributed by atoms with E-state index < -0.39 is 29.4 Å². The number of fused-ring (bicyclic) bond motifs is 2. The van der Waals surface area contributed by atoms with Crippen molar-refractivity contribution in [3.05, 3.63) is 77.2 Å². The van der Waals surface area contributed by atoms with Crippen LogP contribution in [0.1, 0.15) is 35.5 Å². The van der Waals surface area contributed by atoms with Gasteiger partial charge in [-0.3, -0.25) is 19.4 Å². The first-order valence-electron chi connectivity index (χ1n) is 12.7. The van der Waals surface area contributed by atoms with Gasteiger partial charge in [-0.2, -0.15) is 5.10 Å². The molecule has 4 radical (unpaired) electrons. The van der Waals surface area contributed by atoms with Gasteiger partial charge in [0.25, 0.3) is 5.91 Å². The summed E-state index contributed by atoms with van der Waals surface area (Å²) in [7, 11) is 14.2. The molecule has 2 aromatic carbocycles. The minimum atomic E-state index is -1.80. The average molecular weight is 523 g/mol. The highest BCUT2D eigenvalue weighted by molar-refractivity contribution is 6.42. The van der Waals surface area contributed by atoms with Gasteiger partial charge in [0.1, 0.15) is 29.0 Å². The molecule has 39 heavy (non-hydrogen) atoms. The molecule has 6 rings (SSSR count). The van der Waals surface area contributed by atoms with Crippen LogP contribution in [0.4, 0.5) is 8.78 Å². The van der Waals surface area contributed by atoms with Gasteiger partial charge >= 0.3 is 0 Å². The lowest BCUT2D eigenvalue weighted by Gasteiger charge is -2.41. The summed E-state index contributed by atoms with van der Waals surface area (Å²) in [5.41, 5.74) is 1.60. The zero-order valence-corrected chi connectivity index (χ0v) is 21.9. The average Bonchev–Trinajstić information content (AvgIpc) is 3.33. The molecule has 2 aliphatic heterocycles. The van der Waals surface area contributed by atoms with Crippen LogP contribution in [-0.2, 0) is 18.9 Å². The Hall–Kier alpha value is -3.72. The third-order valence-electron chi connectivity index (χ3n) is 7.53. The molecule has 0 atom stereocenters. The van der Waals surface area contributed by atoms with Crippen LogP contribution in [0.25, 0.3) is 22.0 Å². The van der Waals surface area contributed by atoms with Crippen LogP contribution in [0.2, 0.25) is 0 Å². The van der Waals surface area contributed by atoms with Gasteiger partial charge in [-0.15, -0.1) is 0 Å². The molecule has 0 unspecified atom stereocenters. The van der Waals surface area contributed by atoms with Crippen molar-refractivity contribution in [2.24, 2.45) is 7.05 Å². The van der Waals surface area contributed by atoms with E-state index >= 15 is 8.78 Å². The normalized spacial score (nSPS) is 17.2. The maximum Gasteiger partial charge on any atom is 0.255 e. The van der Waals surface area contributed by atoms with Crippen LogP contribution in [-0.4, -0.2) is 71.4 Å². The van der Waals surface area contributed by atoms with Crippen LogP contribution >= 0.6 is 0 Å². The van der Waals surface area contributed by atoms with Gasteiger partial charge in [-0.05, 0) is 61.4 Å². The fraction of sp³-hybridized carbons (Fsp3) is 0.321. The fourth-order valence-corrected chi connectivity index (χ4v) is 5.30. The Labute approximate surface area is 227 Å². The number of amides is 1. The Balaban J connectivity index is 1.31. The Kier molecular flexibility index (Phi) is 6.02. The zero-order valence-electron chi connectivity index (χ0n) is 21.9. The molecule has 0 spiro atoms. The van der Waals surface area contributed by atoms with Gasteiger partial charge in [0.2, 0.25) is 0 Å². The van der Waals surface area contributed by atoms with Gasteiger partial charge in [-0.1, -0.05) is 0 Å². The molecular weight excluding hydrogens is 498 g/mol. The maximum atomic E-state index is 15.4. The van der Waals surface area contributed by atoms with Gasteiger partial charge in [0, 0.05) is 54.9 Å². The summed E-state index contributed by atoms with van der Waals surface area (Å²) in [5.74, 6) is -1.55. The number of ether oxygens (including phenoxy) is 1. The number of likely N-dealkylation sites (tertiary alicyclic amines) is 1. The maximum absolute atomic E-state index is 15.4. The SMILES string of the molecule is [B]C1([B])c2ncccc2C(=O)N1Cc1c(F)cc(-c2ccc(OC3CN(C(C)C)C3)c3nn(C)cc23)cc1F. The molecule has 11 heteroatoms. The van der Waals surface area contributed by atoms with Gasteiger partial charge < -0.3 is 9.64 Å². The number of hydrogen-bond acceptors (Lipinski definition) is 5. The van der Waals surface area contributed by atoms with Crippen LogP contribution in [0.15, 0.2) is 48.8 Å². The second kappa shape index (κ2) is 9.19. The van der Waals surface area contributed by atoms with Crippen molar-refractivity contribution in [1.82, 2.24) is 24.6 Å².